The van der Waals surface area contributed by atoms with Gasteiger partial charge in [0.2, 0.25) is 11.8 Å². The third-order valence-corrected chi connectivity index (χ3v) is 5.32. The van der Waals surface area contributed by atoms with Gasteiger partial charge in [0, 0.05) is 6.08 Å². The highest BCUT2D eigenvalue weighted by molar-refractivity contribution is 7.16. The van der Waals surface area contributed by atoms with E-state index in [1.807, 2.05) is 12.3 Å². The fourth-order valence-electron chi connectivity index (χ4n) is 2.19. The number of nitrogens with one attached hydrogen (secondary N) is 1. The highest BCUT2D eigenvalue weighted by atomic mass is 32.1. The van der Waals surface area contributed by atoms with Gasteiger partial charge in [0.25, 0.3) is 0 Å². The Labute approximate surface area is 150 Å². The van der Waals surface area contributed by atoms with Gasteiger partial charge in [0.15, 0.2) is 5.78 Å². The summed E-state index contributed by atoms with van der Waals surface area (Å²) in [6, 6.07) is 2.85. The topological polar surface area (TPSA) is 89.3 Å². The molecule has 1 N–H and O–H groups in total. The molecule has 0 saturated carbocycles. The van der Waals surface area contributed by atoms with E-state index in [9.17, 15) is 14.4 Å². The van der Waals surface area contributed by atoms with Gasteiger partial charge in [0.05, 0.1) is 10.3 Å². The van der Waals surface area contributed by atoms with Crippen molar-refractivity contribution in [3.8, 4) is 0 Å². The number of carbonyl (C=O) groups is 2. The molecule has 0 spiro atoms. The van der Waals surface area contributed by atoms with Crippen molar-refractivity contribution in [1.29, 1.82) is 0 Å². The van der Waals surface area contributed by atoms with E-state index in [1.165, 1.54) is 28.7 Å². The van der Waals surface area contributed by atoms with Crippen LogP contribution in [0.25, 0.3) is 10.2 Å². The van der Waals surface area contributed by atoms with Crippen LogP contribution in [0.5, 0.6) is 0 Å². The van der Waals surface area contributed by atoms with Crippen molar-refractivity contribution in [3.05, 3.63) is 61.8 Å². The lowest BCUT2D eigenvalue weighted by Gasteiger charge is -2.10. The number of hydrogen-bond acceptors (Lipinski definition) is 7. The van der Waals surface area contributed by atoms with Crippen molar-refractivity contribution in [1.82, 2.24) is 10.3 Å². The first-order valence-corrected chi connectivity index (χ1v) is 9.17. The van der Waals surface area contributed by atoms with Gasteiger partial charge in [-0.1, -0.05) is 6.07 Å². The Kier molecular flexibility index (Phi) is 4.91. The minimum absolute atomic E-state index is 0.130. The third-order valence-electron chi connectivity index (χ3n) is 3.45. The van der Waals surface area contributed by atoms with Crippen molar-refractivity contribution in [2.24, 2.45) is 0 Å². The predicted molar refractivity (Wildman–Crippen MR) is 97.2 cm³/mol. The average molecular weight is 374 g/mol. The van der Waals surface area contributed by atoms with E-state index in [2.05, 4.69) is 10.3 Å². The number of carbonyl (C=O) groups excluding carboxylic acids is 2. The van der Waals surface area contributed by atoms with Gasteiger partial charge in [-0.3, -0.25) is 9.59 Å². The van der Waals surface area contributed by atoms with E-state index in [-0.39, 0.29) is 11.7 Å². The molecule has 0 aromatic carbocycles. The summed E-state index contributed by atoms with van der Waals surface area (Å²) in [7, 11) is 0. The second-order valence-corrected chi connectivity index (χ2v) is 7.15. The van der Waals surface area contributed by atoms with Gasteiger partial charge in [-0.2, -0.15) is 0 Å². The Morgan fingerprint density at radius 3 is 2.84 bits per heavy atom. The summed E-state index contributed by atoms with van der Waals surface area (Å²) >= 11 is 2.66. The van der Waals surface area contributed by atoms with E-state index in [0.29, 0.717) is 15.1 Å². The van der Waals surface area contributed by atoms with Crippen LogP contribution >= 0.6 is 22.7 Å². The van der Waals surface area contributed by atoms with Gasteiger partial charge in [0.1, 0.15) is 10.9 Å². The minimum Gasteiger partial charge on any atom is -0.406 e. The Morgan fingerprint density at radius 1 is 1.32 bits per heavy atom. The molecule has 0 unspecified atom stereocenters. The number of allylic oxidation sites excluding steroid dienone is 1. The molecule has 0 aliphatic heterocycles. The summed E-state index contributed by atoms with van der Waals surface area (Å²) < 4.78 is 5.21. The lowest BCUT2D eigenvalue weighted by atomic mass is 10.2. The van der Waals surface area contributed by atoms with Crippen molar-refractivity contribution in [2.45, 2.75) is 19.9 Å². The van der Waals surface area contributed by atoms with E-state index < -0.39 is 17.6 Å². The third kappa shape index (κ3) is 3.75. The van der Waals surface area contributed by atoms with Gasteiger partial charge < -0.3 is 9.73 Å². The van der Waals surface area contributed by atoms with Crippen LogP contribution in [0, 0.1) is 6.92 Å². The van der Waals surface area contributed by atoms with Gasteiger partial charge in [-0.05, 0) is 42.3 Å². The summed E-state index contributed by atoms with van der Waals surface area (Å²) in [6.45, 7) is 3.47. The highest BCUT2D eigenvalue weighted by Gasteiger charge is 2.17. The zero-order valence-corrected chi connectivity index (χ0v) is 15.1. The molecule has 0 bridgehead atoms. The standard InChI is InChI=1S/C17H14N2O4S2/c1-9-8-25-16-14(9)17(22)23-15(19-16)10(2)18-13(21)6-5-11(20)12-4-3-7-24-12/h3-8,10H,1-2H3,(H,18,21)/b6-5+/t10-/m0/s1. The predicted octanol–water partition coefficient (Wildman–Crippen LogP) is 3.24. The van der Waals surface area contributed by atoms with E-state index in [1.54, 1.807) is 24.4 Å². The smallest absolute Gasteiger partial charge is 0.348 e. The molecule has 3 rings (SSSR count). The van der Waals surface area contributed by atoms with Gasteiger partial charge in [-0.25, -0.2) is 9.78 Å². The Hall–Kier alpha value is -2.58. The number of fused-ring (bicyclic) bond motifs is 1. The number of nitrogens with zero attached hydrogens (tertiary/aromatic N) is 1. The molecule has 1 amide bonds. The zero-order chi connectivity index (χ0) is 18.0. The molecule has 0 fully saturated rings. The molecule has 0 aliphatic rings. The lowest BCUT2D eigenvalue weighted by molar-refractivity contribution is -0.117. The molecule has 0 radical (unpaired) electrons. The van der Waals surface area contributed by atoms with Crippen LogP contribution in [0.4, 0.5) is 0 Å². The van der Waals surface area contributed by atoms with Crippen LogP contribution in [0.2, 0.25) is 0 Å². The van der Waals surface area contributed by atoms with Crippen LogP contribution in [-0.2, 0) is 4.79 Å². The first kappa shape index (κ1) is 17.2. The molecule has 3 heterocycles. The summed E-state index contributed by atoms with van der Waals surface area (Å²) in [5.41, 5.74) is 0.350. The summed E-state index contributed by atoms with van der Waals surface area (Å²) in [4.78, 5) is 41.3. The van der Waals surface area contributed by atoms with Gasteiger partial charge in [-0.15, -0.1) is 22.7 Å². The molecule has 3 aromatic heterocycles. The Bertz CT molecular complexity index is 1020. The molecule has 128 valence electrons. The summed E-state index contributed by atoms with van der Waals surface area (Å²) in [5.74, 6) is -0.576. The van der Waals surface area contributed by atoms with Crippen molar-refractivity contribution in [2.75, 3.05) is 0 Å². The molecule has 8 heteroatoms. The monoisotopic (exact) mass is 374 g/mol. The second-order valence-electron chi connectivity index (χ2n) is 5.34. The molecule has 6 nitrogen and oxygen atoms in total. The number of aryl methyl sites for hydroxylation is 1. The molecule has 0 aliphatic carbocycles. The molecule has 0 saturated heterocycles. The number of rotatable bonds is 5. The first-order valence-electron chi connectivity index (χ1n) is 7.41. The number of amides is 1. The minimum atomic E-state index is -0.603. The lowest BCUT2D eigenvalue weighted by Crippen LogP contribution is -2.26. The molecule has 25 heavy (non-hydrogen) atoms. The van der Waals surface area contributed by atoms with Crippen LogP contribution in [0.3, 0.4) is 0 Å². The SMILES string of the molecule is Cc1csc2nc([C@H](C)NC(=O)/C=C/C(=O)c3cccs3)oc(=O)c12. The number of thiophene rings is 2. The van der Waals surface area contributed by atoms with Crippen molar-refractivity contribution in [3.63, 3.8) is 0 Å². The fourth-order valence-corrected chi connectivity index (χ4v) is 3.75. The average Bonchev–Trinajstić information content (AvgIpc) is 3.23. The maximum absolute atomic E-state index is 12.0. The van der Waals surface area contributed by atoms with Crippen LogP contribution in [0.15, 0.2) is 44.3 Å². The summed E-state index contributed by atoms with van der Waals surface area (Å²) in [5, 5.41) is 6.72. The van der Waals surface area contributed by atoms with Crippen LogP contribution < -0.4 is 10.9 Å². The second kappa shape index (κ2) is 7.12. The zero-order valence-electron chi connectivity index (χ0n) is 13.4. The first-order chi connectivity index (χ1) is 12.0. The Morgan fingerprint density at radius 2 is 2.12 bits per heavy atom. The molecule has 1 atom stereocenters. The molecule has 3 aromatic rings. The Balaban J connectivity index is 1.71. The molecular formula is C17H14N2O4S2. The number of ketones is 1. The fraction of sp³-hybridized carbons (Fsp3) is 0.176. The summed E-state index contributed by atoms with van der Waals surface area (Å²) in [6.07, 6.45) is 2.37. The van der Waals surface area contributed by atoms with E-state index in [0.717, 1.165) is 11.6 Å². The van der Waals surface area contributed by atoms with Gasteiger partial charge >= 0.3 is 5.63 Å². The largest absolute Gasteiger partial charge is 0.406 e. The van der Waals surface area contributed by atoms with E-state index >= 15 is 0 Å². The van der Waals surface area contributed by atoms with E-state index in [4.69, 9.17) is 4.42 Å². The maximum Gasteiger partial charge on any atom is 0.348 e. The number of hydrogen-bond donors (Lipinski definition) is 1. The number of aromatic nitrogens is 1. The highest BCUT2D eigenvalue weighted by Crippen LogP contribution is 2.22. The maximum atomic E-state index is 12.0. The van der Waals surface area contributed by atoms with Crippen molar-refractivity contribution >= 4 is 44.6 Å². The molecular weight excluding hydrogens is 360 g/mol. The van der Waals surface area contributed by atoms with Crippen LogP contribution in [0.1, 0.15) is 34.1 Å². The van der Waals surface area contributed by atoms with Crippen LogP contribution in [-0.4, -0.2) is 16.7 Å². The van der Waals surface area contributed by atoms with Crippen molar-refractivity contribution < 1.29 is 14.0 Å². The quantitative estimate of drug-likeness (QED) is 0.547. The normalized spacial score (nSPS) is 12.6.